The first-order chi connectivity index (χ1) is 18.2. The van der Waals surface area contributed by atoms with Crippen LogP contribution in [0.4, 0.5) is 24.7 Å². The van der Waals surface area contributed by atoms with E-state index in [4.69, 9.17) is 9.72 Å². The molecule has 2 aliphatic heterocycles. The second-order valence-electron chi connectivity index (χ2n) is 9.56. The van der Waals surface area contributed by atoms with Crippen molar-refractivity contribution in [3.8, 4) is 11.1 Å². The molecule has 0 bridgehead atoms. The van der Waals surface area contributed by atoms with Gasteiger partial charge in [-0.15, -0.1) is 0 Å². The van der Waals surface area contributed by atoms with Gasteiger partial charge in [0.1, 0.15) is 11.5 Å². The standard InChI is InChI=1S/C27H28F3N5O3/c1-17-2-3-20(33-26(37)24-12-19(4-5-31-24)27(28,29)30)13-23(17)18-10-21(14-34-15-22(36)16-34)32-25(11-18)35-6-8-38-9-7-35/h2-5,10-13,22,36H,6-9,14-16H2,1H3,(H,33,37). The number of alkyl halides is 3. The molecule has 11 heteroatoms. The van der Waals surface area contributed by atoms with Crippen molar-refractivity contribution < 1.29 is 27.8 Å². The Kier molecular flexibility index (Phi) is 7.33. The zero-order chi connectivity index (χ0) is 26.9. The summed E-state index contributed by atoms with van der Waals surface area (Å²) >= 11 is 0. The summed E-state index contributed by atoms with van der Waals surface area (Å²) in [4.78, 5) is 25.7. The lowest BCUT2D eigenvalue weighted by Crippen LogP contribution is -2.50. The van der Waals surface area contributed by atoms with Crippen molar-refractivity contribution in [2.75, 3.05) is 49.6 Å². The van der Waals surface area contributed by atoms with E-state index in [1.54, 1.807) is 12.1 Å². The molecule has 0 saturated carbocycles. The summed E-state index contributed by atoms with van der Waals surface area (Å²) in [5.41, 5.74) is 2.77. The third kappa shape index (κ3) is 5.95. The SMILES string of the molecule is Cc1ccc(NC(=O)c2cc(C(F)(F)F)ccn2)cc1-c1cc(CN2CC(O)C2)nc(N2CCOCC2)c1. The number of anilines is 2. The number of amides is 1. The molecule has 2 fully saturated rings. The van der Waals surface area contributed by atoms with Crippen molar-refractivity contribution in [3.63, 3.8) is 0 Å². The molecule has 38 heavy (non-hydrogen) atoms. The average molecular weight is 528 g/mol. The number of rotatable bonds is 6. The minimum Gasteiger partial charge on any atom is -0.390 e. The van der Waals surface area contributed by atoms with Crippen LogP contribution in [-0.2, 0) is 17.5 Å². The fourth-order valence-corrected chi connectivity index (χ4v) is 4.60. The Labute approximate surface area is 218 Å². The van der Waals surface area contributed by atoms with Gasteiger partial charge >= 0.3 is 6.18 Å². The summed E-state index contributed by atoms with van der Waals surface area (Å²) < 4.78 is 44.7. The number of benzene rings is 1. The zero-order valence-electron chi connectivity index (χ0n) is 20.8. The van der Waals surface area contributed by atoms with Gasteiger partial charge in [-0.2, -0.15) is 13.2 Å². The molecule has 8 nitrogen and oxygen atoms in total. The van der Waals surface area contributed by atoms with Crippen molar-refractivity contribution in [1.82, 2.24) is 14.9 Å². The Balaban J connectivity index is 1.44. The number of halogens is 3. The number of carbonyl (C=O) groups excluding carboxylic acids is 1. The highest BCUT2D eigenvalue weighted by Crippen LogP contribution is 2.32. The number of ether oxygens (including phenoxy) is 1. The van der Waals surface area contributed by atoms with E-state index < -0.39 is 17.6 Å². The lowest BCUT2D eigenvalue weighted by molar-refractivity contribution is -0.137. The molecular formula is C27H28F3N5O3. The van der Waals surface area contributed by atoms with Crippen LogP contribution in [0.2, 0.25) is 0 Å². The van der Waals surface area contributed by atoms with E-state index in [-0.39, 0.29) is 11.8 Å². The highest BCUT2D eigenvalue weighted by Gasteiger charge is 2.31. The van der Waals surface area contributed by atoms with Crippen LogP contribution in [0.15, 0.2) is 48.7 Å². The predicted octanol–water partition coefficient (Wildman–Crippen LogP) is 3.74. The van der Waals surface area contributed by atoms with Crippen LogP contribution in [0.25, 0.3) is 11.1 Å². The first-order valence-corrected chi connectivity index (χ1v) is 12.4. The number of likely N-dealkylation sites (tertiary alicyclic amines) is 1. The lowest BCUT2D eigenvalue weighted by Gasteiger charge is -2.36. The Bertz CT molecular complexity index is 1320. The van der Waals surface area contributed by atoms with Crippen LogP contribution >= 0.6 is 0 Å². The summed E-state index contributed by atoms with van der Waals surface area (Å²) in [5.74, 6) is 0.0931. The van der Waals surface area contributed by atoms with Gasteiger partial charge in [-0.1, -0.05) is 6.07 Å². The molecule has 0 atom stereocenters. The fraction of sp³-hybridized carbons (Fsp3) is 0.370. The van der Waals surface area contributed by atoms with Gasteiger partial charge in [-0.3, -0.25) is 14.7 Å². The number of carbonyl (C=O) groups is 1. The van der Waals surface area contributed by atoms with E-state index in [1.807, 2.05) is 25.1 Å². The maximum Gasteiger partial charge on any atom is 0.416 e. The highest BCUT2D eigenvalue weighted by molar-refractivity contribution is 6.03. The van der Waals surface area contributed by atoms with Crippen LogP contribution in [0.1, 0.15) is 27.3 Å². The average Bonchev–Trinajstić information content (AvgIpc) is 2.89. The van der Waals surface area contributed by atoms with Gasteiger partial charge < -0.3 is 20.1 Å². The van der Waals surface area contributed by atoms with Crippen LogP contribution in [0.3, 0.4) is 0 Å². The molecule has 200 valence electrons. The van der Waals surface area contributed by atoms with Gasteiger partial charge in [0.05, 0.1) is 30.6 Å². The molecule has 2 aromatic heterocycles. The highest BCUT2D eigenvalue weighted by atomic mass is 19.4. The number of aryl methyl sites for hydroxylation is 1. The Morgan fingerprint density at radius 2 is 1.89 bits per heavy atom. The van der Waals surface area contributed by atoms with Gasteiger partial charge in [0.15, 0.2) is 0 Å². The number of β-amino-alcohol motifs (C(OH)–C–C–N with tert-alkyl or cyclic N) is 1. The van der Waals surface area contributed by atoms with Crippen LogP contribution in [-0.4, -0.2) is 71.4 Å². The second kappa shape index (κ2) is 10.7. The van der Waals surface area contributed by atoms with Crippen LogP contribution in [0.5, 0.6) is 0 Å². The molecule has 2 N–H and O–H groups in total. The number of hydrogen-bond donors (Lipinski definition) is 2. The molecule has 1 amide bonds. The number of aliphatic hydroxyl groups is 1. The zero-order valence-corrected chi connectivity index (χ0v) is 20.8. The monoisotopic (exact) mass is 527 g/mol. The maximum atomic E-state index is 13.1. The number of morpholine rings is 1. The minimum absolute atomic E-state index is 0.314. The maximum absolute atomic E-state index is 13.1. The minimum atomic E-state index is -4.57. The molecule has 1 aromatic carbocycles. The number of nitrogens with one attached hydrogen (secondary N) is 1. The molecule has 0 radical (unpaired) electrons. The van der Waals surface area contributed by atoms with Crippen molar-refractivity contribution in [3.05, 3.63) is 71.2 Å². The number of hydrogen-bond acceptors (Lipinski definition) is 7. The summed E-state index contributed by atoms with van der Waals surface area (Å²) in [6.45, 7) is 6.42. The molecule has 0 aliphatic carbocycles. The summed E-state index contributed by atoms with van der Waals surface area (Å²) in [7, 11) is 0. The molecule has 0 spiro atoms. The molecule has 3 aromatic rings. The summed E-state index contributed by atoms with van der Waals surface area (Å²) in [5, 5.41) is 12.4. The van der Waals surface area contributed by atoms with E-state index in [0.717, 1.165) is 59.6 Å². The quantitative estimate of drug-likeness (QED) is 0.505. The van der Waals surface area contributed by atoms with Crippen LogP contribution < -0.4 is 10.2 Å². The topological polar surface area (TPSA) is 90.8 Å². The summed E-state index contributed by atoms with van der Waals surface area (Å²) in [6, 6.07) is 10.9. The fourth-order valence-electron chi connectivity index (χ4n) is 4.60. The van der Waals surface area contributed by atoms with E-state index in [1.165, 1.54) is 0 Å². The Hall–Kier alpha value is -3.54. The molecule has 2 aliphatic rings. The Morgan fingerprint density at radius 1 is 1.13 bits per heavy atom. The summed E-state index contributed by atoms with van der Waals surface area (Å²) in [6.07, 6.45) is -3.91. The smallest absolute Gasteiger partial charge is 0.390 e. The van der Waals surface area contributed by atoms with Crippen molar-refractivity contribution >= 4 is 17.4 Å². The number of pyridine rings is 2. The molecular weight excluding hydrogens is 499 g/mol. The van der Waals surface area contributed by atoms with Crippen molar-refractivity contribution in [2.45, 2.75) is 25.7 Å². The van der Waals surface area contributed by atoms with Gasteiger partial charge in [-0.25, -0.2) is 4.98 Å². The predicted molar refractivity (Wildman–Crippen MR) is 136 cm³/mol. The molecule has 4 heterocycles. The van der Waals surface area contributed by atoms with E-state index in [2.05, 4.69) is 20.1 Å². The van der Waals surface area contributed by atoms with Gasteiger partial charge in [0, 0.05) is 44.6 Å². The second-order valence-corrected chi connectivity index (χ2v) is 9.56. The third-order valence-electron chi connectivity index (χ3n) is 6.65. The molecule has 5 rings (SSSR count). The normalized spacial score (nSPS) is 16.8. The van der Waals surface area contributed by atoms with Crippen LogP contribution in [0, 0.1) is 6.92 Å². The van der Waals surface area contributed by atoms with E-state index in [9.17, 15) is 23.1 Å². The van der Waals surface area contributed by atoms with E-state index >= 15 is 0 Å². The lowest BCUT2D eigenvalue weighted by atomic mass is 9.99. The van der Waals surface area contributed by atoms with Gasteiger partial charge in [0.25, 0.3) is 5.91 Å². The number of aliphatic hydroxyl groups excluding tert-OH is 1. The Morgan fingerprint density at radius 3 is 2.61 bits per heavy atom. The molecule has 2 saturated heterocycles. The number of nitrogens with zero attached hydrogens (tertiary/aromatic N) is 4. The van der Waals surface area contributed by atoms with Gasteiger partial charge in [0.2, 0.25) is 0 Å². The number of aromatic nitrogens is 2. The van der Waals surface area contributed by atoms with E-state index in [0.29, 0.717) is 38.5 Å². The molecule has 0 unspecified atom stereocenters. The van der Waals surface area contributed by atoms with Crippen molar-refractivity contribution in [1.29, 1.82) is 0 Å². The van der Waals surface area contributed by atoms with Gasteiger partial charge in [-0.05, 0) is 60.0 Å². The first kappa shape index (κ1) is 26.1. The largest absolute Gasteiger partial charge is 0.416 e. The van der Waals surface area contributed by atoms with Crippen molar-refractivity contribution in [2.24, 2.45) is 0 Å². The third-order valence-corrected chi connectivity index (χ3v) is 6.65. The first-order valence-electron chi connectivity index (χ1n) is 12.4.